The summed E-state index contributed by atoms with van der Waals surface area (Å²) in [6.45, 7) is 13.1. The van der Waals surface area contributed by atoms with Gasteiger partial charge in [0.15, 0.2) is 23.0 Å². The molecule has 6 atom stereocenters. The van der Waals surface area contributed by atoms with E-state index in [9.17, 15) is 10.2 Å². The van der Waals surface area contributed by atoms with Crippen molar-refractivity contribution in [1.82, 2.24) is 9.80 Å². The highest BCUT2D eigenvalue weighted by Gasteiger charge is 2.40. The zero-order valence-corrected chi connectivity index (χ0v) is 29.4. The molecule has 0 aromatic heterocycles. The third kappa shape index (κ3) is 7.46. The van der Waals surface area contributed by atoms with Gasteiger partial charge >= 0.3 is 0 Å². The second kappa shape index (κ2) is 15.1. The van der Waals surface area contributed by atoms with Crippen molar-refractivity contribution < 1.29 is 29.2 Å². The smallest absolute Gasteiger partial charge is 0.161 e. The number of aliphatic hydroxyl groups is 2. The van der Waals surface area contributed by atoms with E-state index in [0.717, 1.165) is 87.7 Å². The first-order valence-corrected chi connectivity index (χ1v) is 17.4. The van der Waals surface area contributed by atoms with Gasteiger partial charge in [-0.2, -0.15) is 0 Å². The first-order valence-electron chi connectivity index (χ1n) is 17.4. The summed E-state index contributed by atoms with van der Waals surface area (Å²) < 4.78 is 21.8. The van der Waals surface area contributed by atoms with Crippen LogP contribution in [0.1, 0.15) is 87.7 Å². The highest BCUT2D eigenvalue weighted by atomic mass is 16.5. The van der Waals surface area contributed by atoms with E-state index < -0.39 is 0 Å². The molecule has 0 radical (unpaired) electrons. The normalized spacial score (nSPS) is 27.5. The van der Waals surface area contributed by atoms with Gasteiger partial charge in [0.05, 0.1) is 40.6 Å². The molecule has 0 bridgehead atoms. The van der Waals surface area contributed by atoms with E-state index in [0.29, 0.717) is 35.8 Å². The fourth-order valence-electron chi connectivity index (χ4n) is 8.51. The number of ether oxygens (including phenoxy) is 4. The minimum atomic E-state index is -0.210. The first-order chi connectivity index (χ1) is 22.1. The van der Waals surface area contributed by atoms with Crippen LogP contribution in [0, 0.1) is 23.7 Å². The third-order valence-corrected chi connectivity index (χ3v) is 10.7. The van der Waals surface area contributed by atoms with E-state index >= 15 is 0 Å². The molecule has 8 nitrogen and oxygen atoms in total. The lowest BCUT2D eigenvalue weighted by atomic mass is 9.79. The van der Waals surface area contributed by atoms with E-state index in [-0.39, 0.29) is 12.2 Å². The molecule has 2 aromatic carbocycles. The Morgan fingerprint density at radius 1 is 0.609 bits per heavy atom. The van der Waals surface area contributed by atoms with Crippen LogP contribution in [-0.4, -0.2) is 86.8 Å². The van der Waals surface area contributed by atoms with Gasteiger partial charge in [0.1, 0.15) is 0 Å². The standard InChI is InChI=1S/2C19H29NO3/c2*1-12(2)7-14-11-20-6-5-13-8-18(22-3)19(23-4)9-15(13)16(20)10-17(14)21/h2*8-9,12,14,16-17,21H,5-7,10-11H2,1-4H3/t14-,16-,17+;14-,16-,17-/m00/s1. The van der Waals surface area contributed by atoms with Crippen molar-refractivity contribution in [1.29, 1.82) is 0 Å². The predicted molar refractivity (Wildman–Crippen MR) is 182 cm³/mol. The molecule has 0 spiro atoms. The van der Waals surface area contributed by atoms with Crippen molar-refractivity contribution in [3.63, 3.8) is 0 Å². The highest BCUT2D eigenvalue weighted by Crippen LogP contribution is 2.45. The van der Waals surface area contributed by atoms with Gasteiger partial charge in [0.25, 0.3) is 0 Å². The minimum absolute atomic E-state index is 0.210. The monoisotopic (exact) mass is 638 g/mol. The zero-order valence-electron chi connectivity index (χ0n) is 29.4. The van der Waals surface area contributed by atoms with Crippen LogP contribution in [0.15, 0.2) is 24.3 Å². The van der Waals surface area contributed by atoms with E-state index in [1.807, 2.05) is 0 Å². The topological polar surface area (TPSA) is 83.9 Å². The molecule has 8 heteroatoms. The van der Waals surface area contributed by atoms with Gasteiger partial charge in [0, 0.05) is 38.3 Å². The average Bonchev–Trinajstić information content (AvgIpc) is 3.04. The third-order valence-electron chi connectivity index (χ3n) is 10.7. The van der Waals surface area contributed by atoms with Gasteiger partial charge in [-0.15, -0.1) is 0 Å². The largest absolute Gasteiger partial charge is 0.493 e. The molecule has 0 aliphatic carbocycles. The molecule has 2 saturated heterocycles. The summed E-state index contributed by atoms with van der Waals surface area (Å²) in [5.41, 5.74) is 5.27. The van der Waals surface area contributed by atoms with Crippen LogP contribution >= 0.6 is 0 Å². The maximum atomic E-state index is 10.6. The van der Waals surface area contributed by atoms with Gasteiger partial charge in [-0.3, -0.25) is 9.80 Å². The summed E-state index contributed by atoms with van der Waals surface area (Å²) in [6, 6.07) is 9.05. The quantitative estimate of drug-likeness (QED) is 0.361. The average molecular weight is 639 g/mol. The number of hydrogen-bond acceptors (Lipinski definition) is 8. The Balaban J connectivity index is 0.000000181. The summed E-state index contributed by atoms with van der Waals surface area (Å²) in [4.78, 5) is 5.10. The Bertz CT molecular complexity index is 1220. The Morgan fingerprint density at radius 3 is 1.28 bits per heavy atom. The van der Waals surface area contributed by atoms with Gasteiger partial charge in [-0.1, -0.05) is 27.7 Å². The van der Waals surface area contributed by atoms with Gasteiger partial charge in [-0.05, 0) is 109 Å². The van der Waals surface area contributed by atoms with Crippen LogP contribution < -0.4 is 18.9 Å². The molecule has 4 aliphatic rings. The van der Waals surface area contributed by atoms with E-state index in [4.69, 9.17) is 18.9 Å². The molecule has 256 valence electrons. The van der Waals surface area contributed by atoms with Crippen molar-refractivity contribution in [2.45, 2.75) is 90.5 Å². The van der Waals surface area contributed by atoms with Crippen LogP contribution in [0.3, 0.4) is 0 Å². The van der Waals surface area contributed by atoms with Gasteiger partial charge < -0.3 is 29.2 Å². The Morgan fingerprint density at radius 2 is 0.957 bits per heavy atom. The Kier molecular flexibility index (Phi) is 11.5. The maximum Gasteiger partial charge on any atom is 0.161 e. The fourth-order valence-corrected chi connectivity index (χ4v) is 8.51. The van der Waals surface area contributed by atoms with E-state index in [1.165, 1.54) is 22.3 Å². The summed E-state index contributed by atoms with van der Waals surface area (Å²) >= 11 is 0. The first kappa shape index (κ1) is 34.8. The molecule has 0 unspecified atom stereocenters. The van der Waals surface area contributed by atoms with Crippen LogP contribution in [0.2, 0.25) is 0 Å². The van der Waals surface area contributed by atoms with Crippen LogP contribution in [0.25, 0.3) is 0 Å². The SMILES string of the molecule is COc1cc2c(cc1OC)[C@@H]1C[C@@H](O)[C@@H](CC(C)C)CN1CC2.COc1cc2c(cc1OC)[C@@H]1C[C@H](O)[C@@H](CC(C)C)CN1CC2. The van der Waals surface area contributed by atoms with E-state index in [2.05, 4.69) is 61.8 Å². The van der Waals surface area contributed by atoms with Crippen LogP contribution in [0.4, 0.5) is 0 Å². The minimum Gasteiger partial charge on any atom is -0.493 e. The molecule has 2 N–H and O–H groups in total. The fraction of sp³-hybridized carbons (Fsp3) is 0.684. The summed E-state index contributed by atoms with van der Waals surface area (Å²) in [5, 5.41) is 21.3. The number of piperidine rings is 2. The van der Waals surface area contributed by atoms with Crippen molar-refractivity contribution >= 4 is 0 Å². The van der Waals surface area contributed by atoms with E-state index in [1.54, 1.807) is 28.4 Å². The number of benzene rings is 2. The molecule has 2 aromatic rings. The molecule has 46 heavy (non-hydrogen) atoms. The lowest BCUT2D eigenvalue weighted by Crippen LogP contribution is -2.48. The number of aliphatic hydroxyl groups excluding tert-OH is 2. The lowest BCUT2D eigenvalue weighted by Gasteiger charge is -2.46. The number of hydrogen-bond donors (Lipinski definition) is 2. The van der Waals surface area contributed by atoms with Crippen molar-refractivity contribution in [3.8, 4) is 23.0 Å². The second-order valence-corrected chi connectivity index (χ2v) is 14.7. The molecule has 4 aliphatic heterocycles. The highest BCUT2D eigenvalue weighted by molar-refractivity contribution is 5.50. The molecular weight excluding hydrogens is 580 g/mol. The van der Waals surface area contributed by atoms with Crippen molar-refractivity contribution in [3.05, 3.63) is 46.5 Å². The molecule has 0 amide bonds. The Labute approximate surface area is 277 Å². The Hall–Kier alpha value is -2.52. The number of fused-ring (bicyclic) bond motifs is 6. The molecule has 4 heterocycles. The molecule has 2 fully saturated rings. The number of nitrogens with zero attached hydrogens (tertiary/aromatic N) is 2. The summed E-state index contributed by atoms with van der Waals surface area (Å²) in [6.07, 6.45) is 5.50. The van der Waals surface area contributed by atoms with Gasteiger partial charge in [0.2, 0.25) is 0 Å². The molecule has 0 saturated carbocycles. The van der Waals surface area contributed by atoms with Crippen molar-refractivity contribution in [2.75, 3.05) is 54.6 Å². The second-order valence-electron chi connectivity index (χ2n) is 14.7. The predicted octanol–water partition coefficient (Wildman–Crippen LogP) is 6.06. The van der Waals surface area contributed by atoms with Crippen molar-refractivity contribution in [2.24, 2.45) is 23.7 Å². The summed E-state index contributed by atoms with van der Waals surface area (Å²) in [7, 11) is 6.72. The lowest BCUT2D eigenvalue weighted by molar-refractivity contribution is -0.0192. The molecule has 6 rings (SSSR count). The van der Waals surface area contributed by atoms with Gasteiger partial charge in [-0.25, -0.2) is 0 Å². The zero-order chi connectivity index (χ0) is 33.1. The number of methoxy groups -OCH3 is 4. The van der Waals surface area contributed by atoms with Crippen LogP contribution in [0.5, 0.6) is 23.0 Å². The van der Waals surface area contributed by atoms with Crippen LogP contribution in [-0.2, 0) is 12.8 Å². The number of rotatable bonds is 8. The maximum absolute atomic E-state index is 10.6. The molecular formula is C38H58N2O6. The summed E-state index contributed by atoms with van der Waals surface area (Å²) in [5.74, 6) is 5.22.